The van der Waals surface area contributed by atoms with Gasteiger partial charge >= 0.3 is 0 Å². The van der Waals surface area contributed by atoms with Crippen molar-refractivity contribution in [1.82, 2.24) is 9.80 Å². The van der Waals surface area contributed by atoms with E-state index in [1.165, 1.54) is 15.6 Å². The highest BCUT2D eigenvalue weighted by Gasteiger charge is 2.29. The van der Waals surface area contributed by atoms with Crippen molar-refractivity contribution in [2.45, 2.75) is 18.6 Å². The van der Waals surface area contributed by atoms with Gasteiger partial charge in [0.25, 0.3) is 0 Å². The van der Waals surface area contributed by atoms with Crippen molar-refractivity contribution in [3.63, 3.8) is 0 Å². The molecule has 0 radical (unpaired) electrons. The second kappa shape index (κ2) is 5.82. The second-order valence-electron chi connectivity index (χ2n) is 5.84. The molecule has 1 N–H and O–H groups in total. The zero-order valence-corrected chi connectivity index (χ0v) is 12.9. The molecule has 2 atom stereocenters. The van der Waals surface area contributed by atoms with Crippen LogP contribution in [-0.2, 0) is 6.42 Å². The summed E-state index contributed by atoms with van der Waals surface area (Å²) < 4.78 is 1.31. The van der Waals surface area contributed by atoms with Gasteiger partial charge in [-0.15, -0.1) is 11.3 Å². The summed E-state index contributed by atoms with van der Waals surface area (Å²) in [5.41, 5.74) is 1.28. The van der Waals surface area contributed by atoms with Crippen LogP contribution in [0, 0.1) is 0 Å². The number of benzene rings is 1. The van der Waals surface area contributed by atoms with Gasteiger partial charge in [0.1, 0.15) is 0 Å². The molecule has 4 heteroatoms. The summed E-state index contributed by atoms with van der Waals surface area (Å²) in [6.45, 7) is 3.06. The van der Waals surface area contributed by atoms with Crippen LogP contribution < -0.4 is 0 Å². The normalized spacial score (nSPS) is 23.2. The SMILES string of the molecule is CN1CCN(C)C(C(O)Cc2csc3ccccc23)C1. The highest BCUT2D eigenvalue weighted by Crippen LogP contribution is 2.27. The maximum absolute atomic E-state index is 10.6. The lowest BCUT2D eigenvalue weighted by molar-refractivity contribution is 0.0155. The number of hydrogen-bond donors (Lipinski definition) is 1. The molecule has 2 unspecified atom stereocenters. The van der Waals surface area contributed by atoms with Gasteiger partial charge in [0.2, 0.25) is 0 Å². The first kappa shape index (κ1) is 14.0. The Bertz CT molecular complexity index is 583. The summed E-state index contributed by atoms with van der Waals surface area (Å²) in [4.78, 5) is 4.60. The van der Waals surface area contributed by atoms with E-state index in [2.05, 4.69) is 53.5 Å². The molecule has 1 fully saturated rings. The Morgan fingerprint density at radius 1 is 1.30 bits per heavy atom. The van der Waals surface area contributed by atoms with Crippen LogP contribution in [0.3, 0.4) is 0 Å². The third kappa shape index (κ3) is 2.74. The molecule has 1 aliphatic rings. The van der Waals surface area contributed by atoms with E-state index in [4.69, 9.17) is 0 Å². The van der Waals surface area contributed by atoms with E-state index < -0.39 is 0 Å². The number of rotatable bonds is 3. The largest absolute Gasteiger partial charge is 0.391 e. The smallest absolute Gasteiger partial charge is 0.0748 e. The number of piperazine rings is 1. The van der Waals surface area contributed by atoms with Crippen molar-refractivity contribution < 1.29 is 5.11 Å². The van der Waals surface area contributed by atoms with Gasteiger partial charge in [0.05, 0.1) is 6.10 Å². The number of likely N-dealkylation sites (N-methyl/N-ethyl adjacent to an activating group) is 2. The van der Waals surface area contributed by atoms with Crippen LogP contribution in [0.2, 0.25) is 0 Å². The quantitative estimate of drug-likeness (QED) is 0.937. The Morgan fingerprint density at radius 2 is 2.10 bits per heavy atom. The summed E-state index contributed by atoms with van der Waals surface area (Å²) in [7, 11) is 4.25. The molecule has 20 heavy (non-hydrogen) atoms. The molecule has 1 aromatic heterocycles. The predicted molar refractivity (Wildman–Crippen MR) is 85.5 cm³/mol. The third-order valence-electron chi connectivity index (χ3n) is 4.33. The van der Waals surface area contributed by atoms with Crippen molar-refractivity contribution in [3.8, 4) is 0 Å². The first-order chi connectivity index (χ1) is 9.65. The summed E-state index contributed by atoms with van der Waals surface area (Å²) in [6, 6.07) is 8.68. The molecular formula is C16H22N2OS. The number of thiophene rings is 1. The van der Waals surface area contributed by atoms with Gasteiger partial charge < -0.3 is 10.0 Å². The molecule has 1 aromatic carbocycles. The minimum absolute atomic E-state index is 0.229. The van der Waals surface area contributed by atoms with Crippen LogP contribution in [0.25, 0.3) is 10.1 Å². The average Bonchev–Trinajstić information content (AvgIpc) is 2.85. The number of fused-ring (bicyclic) bond motifs is 1. The number of nitrogens with zero attached hydrogens (tertiary/aromatic N) is 2. The molecule has 2 aromatic rings. The number of hydrogen-bond acceptors (Lipinski definition) is 4. The fourth-order valence-corrected chi connectivity index (χ4v) is 3.99. The second-order valence-corrected chi connectivity index (χ2v) is 6.75. The summed E-state index contributed by atoms with van der Waals surface area (Å²) in [6.07, 6.45) is 0.438. The summed E-state index contributed by atoms with van der Waals surface area (Å²) in [5, 5.41) is 14.1. The van der Waals surface area contributed by atoms with E-state index in [-0.39, 0.29) is 12.1 Å². The van der Waals surface area contributed by atoms with E-state index in [1.807, 2.05) is 0 Å². The molecule has 0 amide bonds. The average molecular weight is 290 g/mol. The highest BCUT2D eigenvalue weighted by molar-refractivity contribution is 7.17. The minimum Gasteiger partial charge on any atom is -0.391 e. The number of aliphatic hydroxyl groups is 1. The van der Waals surface area contributed by atoms with Gasteiger partial charge in [0.15, 0.2) is 0 Å². The molecule has 3 nitrogen and oxygen atoms in total. The lowest BCUT2D eigenvalue weighted by Gasteiger charge is -2.40. The summed E-state index contributed by atoms with van der Waals surface area (Å²) >= 11 is 1.77. The van der Waals surface area contributed by atoms with Crippen molar-refractivity contribution in [2.24, 2.45) is 0 Å². The lowest BCUT2D eigenvalue weighted by Crippen LogP contribution is -2.55. The van der Waals surface area contributed by atoms with Crippen LogP contribution >= 0.6 is 11.3 Å². The van der Waals surface area contributed by atoms with Crippen LogP contribution in [0.4, 0.5) is 0 Å². The zero-order valence-electron chi connectivity index (χ0n) is 12.1. The molecule has 0 saturated carbocycles. The predicted octanol–water partition coefficient (Wildman–Crippen LogP) is 2.05. The standard InChI is InChI=1S/C16H22N2OS/c1-17-7-8-18(2)14(10-17)15(19)9-12-11-20-16-6-4-3-5-13(12)16/h3-6,11,14-15,19H,7-10H2,1-2H3. The van der Waals surface area contributed by atoms with Crippen molar-refractivity contribution in [3.05, 3.63) is 35.2 Å². The van der Waals surface area contributed by atoms with Gasteiger partial charge in [0, 0.05) is 36.8 Å². The minimum atomic E-state index is -0.305. The highest BCUT2D eigenvalue weighted by atomic mass is 32.1. The Labute approximate surface area is 124 Å². The maximum Gasteiger partial charge on any atom is 0.0748 e. The monoisotopic (exact) mass is 290 g/mol. The van der Waals surface area contributed by atoms with Gasteiger partial charge in [-0.2, -0.15) is 0 Å². The molecule has 1 saturated heterocycles. The van der Waals surface area contributed by atoms with Crippen molar-refractivity contribution in [2.75, 3.05) is 33.7 Å². The van der Waals surface area contributed by atoms with Gasteiger partial charge in [-0.05, 0) is 36.5 Å². The van der Waals surface area contributed by atoms with E-state index in [0.717, 1.165) is 26.1 Å². The molecule has 0 bridgehead atoms. The molecule has 1 aliphatic heterocycles. The first-order valence-electron chi connectivity index (χ1n) is 7.17. The van der Waals surface area contributed by atoms with E-state index in [1.54, 1.807) is 11.3 Å². The van der Waals surface area contributed by atoms with Crippen LogP contribution in [0.1, 0.15) is 5.56 Å². The van der Waals surface area contributed by atoms with Gasteiger partial charge in [-0.25, -0.2) is 0 Å². The van der Waals surface area contributed by atoms with E-state index in [9.17, 15) is 5.11 Å². The Hall–Kier alpha value is -0.940. The number of aliphatic hydroxyl groups excluding tert-OH is 1. The van der Waals surface area contributed by atoms with Gasteiger partial charge in [-0.3, -0.25) is 4.90 Å². The molecule has 3 rings (SSSR count). The topological polar surface area (TPSA) is 26.7 Å². The fourth-order valence-electron chi connectivity index (χ4n) is 3.01. The lowest BCUT2D eigenvalue weighted by atomic mass is 9.99. The molecular weight excluding hydrogens is 268 g/mol. The van der Waals surface area contributed by atoms with E-state index in [0.29, 0.717) is 0 Å². The molecule has 0 aliphatic carbocycles. The maximum atomic E-state index is 10.6. The Morgan fingerprint density at radius 3 is 2.95 bits per heavy atom. The third-order valence-corrected chi connectivity index (χ3v) is 5.35. The zero-order chi connectivity index (χ0) is 14.1. The van der Waals surface area contributed by atoms with Crippen LogP contribution in [0.15, 0.2) is 29.6 Å². The Kier molecular flexibility index (Phi) is 4.08. The fraction of sp³-hybridized carbons (Fsp3) is 0.500. The molecule has 108 valence electrons. The van der Waals surface area contributed by atoms with Crippen molar-refractivity contribution in [1.29, 1.82) is 0 Å². The van der Waals surface area contributed by atoms with Crippen LogP contribution in [0.5, 0.6) is 0 Å². The molecule has 2 heterocycles. The Balaban J connectivity index is 1.76. The van der Waals surface area contributed by atoms with Gasteiger partial charge in [-0.1, -0.05) is 18.2 Å². The first-order valence-corrected chi connectivity index (χ1v) is 8.05. The van der Waals surface area contributed by atoms with Crippen molar-refractivity contribution >= 4 is 21.4 Å². The molecule has 0 spiro atoms. The summed E-state index contributed by atoms with van der Waals surface area (Å²) in [5.74, 6) is 0. The van der Waals surface area contributed by atoms with E-state index >= 15 is 0 Å². The van der Waals surface area contributed by atoms with Crippen LogP contribution in [-0.4, -0.2) is 60.8 Å².